The van der Waals surface area contributed by atoms with Crippen LogP contribution in [-0.2, 0) is 19.1 Å². The standard InChI is InChI=1S/C17H25NO4/c1-6-12-8-17(12,11(4)19)18-15(20)13-7-9(2)10(3)14(13)16(21)22-5/h6,9-10,12-14H,1,7-8H2,2-5H3,(H,18,20). The van der Waals surface area contributed by atoms with Crippen LogP contribution in [0, 0.1) is 29.6 Å². The third-order valence-corrected chi connectivity index (χ3v) is 5.61. The molecule has 0 spiro atoms. The maximum atomic E-state index is 12.7. The van der Waals surface area contributed by atoms with Crippen LogP contribution in [0.3, 0.4) is 0 Å². The summed E-state index contributed by atoms with van der Waals surface area (Å²) in [5.74, 6) is -1.14. The summed E-state index contributed by atoms with van der Waals surface area (Å²) in [7, 11) is 1.35. The lowest BCUT2D eigenvalue weighted by Crippen LogP contribution is -2.48. The van der Waals surface area contributed by atoms with Gasteiger partial charge in [0, 0.05) is 5.92 Å². The molecule has 0 aliphatic heterocycles. The van der Waals surface area contributed by atoms with Gasteiger partial charge in [-0.3, -0.25) is 14.4 Å². The van der Waals surface area contributed by atoms with E-state index in [9.17, 15) is 14.4 Å². The molecule has 5 nitrogen and oxygen atoms in total. The van der Waals surface area contributed by atoms with Gasteiger partial charge in [0.25, 0.3) is 0 Å². The third-order valence-electron chi connectivity index (χ3n) is 5.61. The summed E-state index contributed by atoms with van der Waals surface area (Å²) in [6.07, 6.45) is 2.94. The summed E-state index contributed by atoms with van der Waals surface area (Å²) >= 11 is 0. The SMILES string of the molecule is C=CC1CC1(NC(=O)C1CC(C)C(C)C1C(=O)OC)C(C)=O. The van der Waals surface area contributed by atoms with Crippen LogP contribution in [0.4, 0.5) is 0 Å². The van der Waals surface area contributed by atoms with E-state index < -0.39 is 17.4 Å². The molecule has 2 aliphatic carbocycles. The lowest BCUT2D eigenvalue weighted by Gasteiger charge is -2.23. The minimum atomic E-state index is -0.811. The lowest BCUT2D eigenvalue weighted by molar-refractivity contribution is -0.151. The predicted octanol–water partition coefficient (Wildman–Crippen LogP) is 1.72. The Bertz CT molecular complexity index is 515. The van der Waals surface area contributed by atoms with Crippen LogP contribution < -0.4 is 5.32 Å². The third kappa shape index (κ3) is 2.57. The Hall–Kier alpha value is -1.65. The quantitative estimate of drug-likeness (QED) is 0.620. The normalized spacial score (nSPS) is 39.9. The largest absolute Gasteiger partial charge is 0.469 e. The molecule has 6 unspecified atom stereocenters. The molecule has 0 saturated heterocycles. The lowest BCUT2D eigenvalue weighted by atomic mass is 9.88. The Balaban J connectivity index is 2.16. The molecule has 0 aromatic rings. The second-order valence-corrected chi connectivity index (χ2v) is 6.79. The Labute approximate surface area is 131 Å². The zero-order valence-electron chi connectivity index (χ0n) is 13.7. The molecule has 1 N–H and O–H groups in total. The first-order valence-electron chi connectivity index (χ1n) is 7.82. The highest BCUT2D eigenvalue weighted by Gasteiger charge is 2.59. The molecule has 0 aromatic heterocycles. The van der Waals surface area contributed by atoms with E-state index >= 15 is 0 Å². The van der Waals surface area contributed by atoms with E-state index in [1.165, 1.54) is 14.0 Å². The number of ketones is 1. The van der Waals surface area contributed by atoms with Crippen LogP contribution in [0.25, 0.3) is 0 Å². The molecule has 0 bridgehead atoms. The van der Waals surface area contributed by atoms with Crippen molar-refractivity contribution in [1.29, 1.82) is 0 Å². The number of esters is 1. The number of rotatable bonds is 5. The fourth-order valence-electron chi connectivity index (χ4n) is 3.79. The molecule has 0 aromatic carbocycles. The summed E-state index contributed by atoms with van der Waals surface area (Å²) in [5.41, 5.74) is -0.811. The molecule has 2 aliphatic rings. The summed E-state index contributed by atoms with van der Waals surface area (Å²) < 4.78 is 4.87. The van der Waals surface area contributed by atoms with Gasteiger partial charge < -0.3 is 10.1 Å². The van der Waals surface area contributed by atoms with Crippen molar-refractivity contribution in [2.45, 2.75) is 39.2 Å². The Morgan fingerprint density at radius 2 is 1.95 bits per heavy atom. The van der Waals surface area contributed by atoms with E-state index in [0.717, 1.165) is 0 Å². The highest BCUT2D eigenvalue weighted by atomic mass is 16.5. The van der Waals surface area contributed by atoms with Crippen LogP contribution in [-0.4, -0.2) is 30.3 Å². The van der Waals surface area contributed by atoms with Crippen LogP contribution in [0.5, 0.6) is 0 Å². The molecular formula is C17H25NO4. The molecule has 0 radical (unpaired) electrons. The first-order valence-corrected chi connectivity index (χ1v) is 7.82. The van der Waals surface area contributed by atoms with Crippen molar-refractivity contribution >= 4 is 17.7 Å². The van der Waals surface area contributed by atoms with Crippen LogP contribution in [0.1, 0.15) is 33.6 Å². The summed E-state index contributed by atoms with van der Waals surface area (Å²) in [5, 5.41) is 2.89. The summed E-state index contributed by atoms with van der Waals surface area (Å²) in [4.78, 5) is 36.6. The van der Waals surface area contributed by atoms with Crippen molar-refractivity contribution in [3.8, 4) is 0 Å². The van der Waals surface area contributed by atoms with E-state index in [1.807, 2.05) is 13.8 Å². The average Bonchev–Trinajstić information content (AvgIpc) is 3.12. The number of amides is 1. The predicted molar refractivity (Wildman–Crippen MR) is 81.8 cm³/mol. The smallest absolute Gasteiger partial charge is 0.309 e. The molecule has 2 fully saturated rings. The van der Waals surface area contributed by atoms with Crippen molar-refractivity contribution in [1.82, 2.24) is 5.32 Å². The second kappa shape index (κ2) is 5.86. The fraction of sp³-hybridized carbons (Fsp3) is 0.706. The van der Waals surface area contributed by atoms with Gasteiger partial charge in [-0.15, -0.1) is 6.58 Å². The molecule has 2 rings (SSSR count). The van der Waals surface area contributed by atoms with Gasteiger partial charge >= 0.3 is 5.97 Å². The fourth-order valence-corrected chi connectivity index (χ4v) is 3.79. The minimum absolute atomic E-state index is 0.0122. The van der Waals surface area contributed by atoms with Crippen molar-refractivity contribution in [2.75, 3.05) is 7.11 Å². The first kappa shape index (κ1) is 16.7. The zero-order valence-corrected chi connectivity index (χ0v) is 13.7. The molecule has 1 amide bonds. The van der Waals surface area contributed by atoms with Crippen LogP contribution >= 0.6 is 0 Å². The molecule has 6 atom stereocenters. The number of carbonyl (C=O) groups is 3. The number of hydrogen-bond donors (Lipinski definition) is 1. The number of methoxy groups -OCH3 is 1. The number of Topliss-reactive ketones (excluding diaryl/α,β-unsaturated/α-hetero) is 1. The van der Waals surface area contributed by atoms with Crippen LogP contribution in [0.15, 0.2) is 12.7 Å². The van der Waals surface area contributed by atoms with Gasteiger partial charge in [-0.2, -0.15) is 0 Å². The first-order chi connectivity index (χ1) is 10.3. The van der Waals surface area contributed by atoms with Gasteiger partial charge in [0.15, 0.2) is 5.78 Å². The van der Waals surface area contributed by atoms with E-state index in [-0.39, 0.29) is 35.4 Å². The molecular weight excluding hydrogens is 282 g/mol. The maximum Gasteiger partial charge on any atom is 0.309 e. The Kier molecular flexibility index (Phi) is 4.45. The van der Waals surface area contributed by atoms with Crippen molar-refractivity contribution < 1.29 is 19.1 Å². The van der Waals surface area contributed by atoms with Gasteiger partial charge in [-0.05, 0) is 31.6 Å². The molecule has 5 heteroatoms. The van der Waals surface area contributed by atoms with E-state index in [1.54, 1.807) is 6.08 Å². The van der Waals surface area contributed by atoms with Gasteiger partial charge in [0.05, 0.1) is 18.9 Å². The number of nitrogens with one attached hydrogen (secondary N) is 1. The van der Waals surface area contributed by atoms with Gasteiger partial charge in [-0.25, -0.2) is 0 Å². The van der Waals surface area contributed by atoms with E-state index in [0.29, 0.717) is 12.8 Å². The maximum absolute atomic E-state index is 12.7. The molecule has 0 heterocycles. The second-order valence-electron chi connectivity index (χ2n) is 6.79. The summed E-state index contributed by atoms with van der Waals surface area (Å²) in [6.45, 7) is 9.21. The van der Waals surface area contributed by atoms with Gasteiger partial charge in [0.2, 0.25) is 5.91 Å². The highest BCUT2D eigenvalue weighted by Crippen LogP contribution is 2.47. The topological polar surface area (TPSA) is 72.5 Å². The zero-order chi connectivity index (χ0) is 16.7. The highest BCUT2D eigenvalue weighted by molar-refractivity contribution is 5.96. The Morgan fingerprint density at radius 3 is 2.41 bits per heavy atom. The number of hydrogen-bond acceptors (Lipinski definition) is 4. The van der Waals surface area contributed by atoms with Crippen molar-refractivity contribution in [2.24, 2.45) is 29.6 Å². The molecule has 2 saturated carbocycles. The van der Waals surface area contributed by atoms with Crippen molar-refractivity contribution in [3.63, 3.8) is 0 Å². The van der Waals surface area contributed by atoms with Crippen LogP contribution in [0.2, 0.25) is 0 Å². The van der Waals surface area contributed by atoms with Crippen molar-refractivity contribution in [3.05, 3.63) is 12.7 Å². The minimum Gasteiger partial charge on any atom is -0.469 e. The summed E-state index contributed by atoms with van der Waals surface area (Å²) in [6, 6.07) is 0. The number of carbonyl (C=O) groups excluding carboxylic acids is 3. The number of ether oxygens (including phenoxy) is 1. The van der Waals surface area contributed by atoms with E-state index in [2.05, 4.69) is 11.9 Å². The monoisotopic (exact) mass is 307 g/mol. The Morgan fingerprint density at radius 1 is 1.32 bits per heavy atom. The average molecular weight is 307 g/mol. The van der Waals surface area contributed by atoms with E-state index in [4.69, 9.17) is 4.74 Å². The molecule has 122 valence electrons. The van der Waals surface area contributed by atoms with Gasteiger partial charge in [0.1, 0.15) is 5.54 Å². The van der Waals surface area contributed by atoms with Gasteiger partial charge in [-0.1, -0.05) is 19.9 Å². The molecule has 22 heavy (non-hydrogen) atoms.